The Labute approximate surface area is 208 Å². The van der Waals surface area contributed by atoms with Gasteiger partial charge in [-0.3, -0.25) is 19.9 Å². The van der Waals surface area contributed by atoms with Crippen molar-refractivity contribution in [2.24, 2.45) is 0 Å². The number of rotatable bonds is 2. The standard InChI is InChI=1S/C28H27N5O3/c1-15-19-11-28(25(35)31-26(36)32(28)3)10-17(19)9-16-7-8-18(29-24(15)16)13-33-14-27(2)12-22(34)30-20-5-4-6-21(33)23(20)27/h4-9H,10-14H2,1-3H3,(H,30,34)(H,31,35,36). The lowest BCUT2D eigenvalue weighted by Crippen LogP contribution is -2.48. The van der Waals surface area contributed by atoms with Crippen LogP contribution < -0.4 is 15.5 Å². The van der Waals surface area contributed by atoms with Crippen LogP contribution in [-0.2, 0) is 34.4 Å². The molecule has 1 saturated heterocycles. The zero-order valence-electron chi connectivity index (χ0n) is 20.6. The molecule has 0 saturated carbocycles. The molecular weight excluding hydrogens is 454 g/mol. The van der Waals surface area contributed by atoms with Gasteiger partial charge in [0.2, 0.25) is 5.91 Å². The summed E-state index contributed by atoms with van der Waals surface area (Å²) >= 11 is 0. The summed E-state index contributed by atoms with van der Waals surface area (Å²) in [4.78, 5) is 46.2. The Morgan fingerprint density at radius 1 is 1.06 bits per heavy atom. The molecule has 1 aromatic heterocycles. The molecule has 0 bridgehead atoms. The number of amides is 4. The van der Waals surface area contributed by atoms with E-state index in [-0.39, 0.29) is 23.3 Å². The zero-order valence-corrected chi connectivity index (χ0v) is 20.6. The molecular formula is C28H27N5O3. The first-order valence-electron chi connectivity index (χ1n) is 12.4. The number of aromatic nitrogens is 1. The van der Waals surface area contributed by atoms with Crippen molar-refractivity contribution >= 4 is 40.1 Å². The molecule has 8 nitrogen and oxygen atoms in total. The summed E-state index contributed by atoms with van der Waals surface area (Å²) in [6, 6.07) is 12.1. The number of hydrogen-bond acceptors (Lipinski definition) is 5. The van der Waals surface area contributed by atoms with Gasteiger partial charge >= 0.3 is 6.03 Å². The maximum atomic E-state index is 12.7. The Morgan fingerprint density at radius 2 is 1.89 bits per heavy atom. The summed E-state index contributed by atoms with van der Waals surface area (Å²) in [6.45, 7) is 5.66. The lowest BCUT2D eigenvalue weighted by molar-refractivity contribution is -0.125. The third-order valence-corrected chi connectivity index (χ3v) is 8.76. The molecule has 0 radical (unpaired) electrons. The van der Waals surface area contributed by atoms with E-state index >= 15 is 0 Å². The summed E-state index contributed by atoms with van der Waals surface area (Å²) in [5.74, 6) is -0.151. The average Bonchev–Trinajstić information content (AvgIpc) is 3.42. The lowest BCUT2D eigenvalue weighted by Gasteiger charge is -2.30. The predicted octanol–water partition coefficient (Wildman–Crippen LogP) is 3.18. The van der Waals surface area contributed by atoms with E-state index in [4.69, 9.17) is 4.98 Å². The SMILES string of the molecule is Cc1c2c(cc3ccc(CN4CC5(C)CC(=O)Nc6cccc4c65)nc13)CC1(C2)C(=O)NC(=O)N1C. The van der Waals surface area contributed by atoms with Gasteiger partial charge in [0.25, 0.3) is 5.91 Å². The van der Waals surface area contributed by atoms with Gasteiger partial charge in [-0.15, -0.1) is 0 Å². The van der Waals surface area contributed by atoms with Crippen molar-refractivity contribution in [2.45, 2.75) is 50.6 Å². The summed E-state index contributed by atoms with van der Waals surface area (Å²) < 4.78 is 0. The van der Waals surface area contributed by atoms with E-state index in [2.05, 4.69) is 53.6 Å². The van der Waals surface area contributed by atoms with Gasteiger partial charge in [0, 0.05) is 60.6 Å². The zero-order chi connectivity index (χ0) is 25.0. The van der Waals surface area contributed by atoms with Crippen LogP contribution in [0.5, 0.6) is 0 Å². The fourth-order valence-electron chi connectivity index (χ4n) is 6.95. The molecule has 1 spiro atoms. The third kappa shape index (κ3) is 2.69. The minimum atomic E-state index is -0.844. The number of pyridine rings is 1. The van der Waals surface area contributed by atoms with Crippen LogP contribution in [0.1, 0.15) is 41.3 Å². The fourth-order valence-corrected chi connectivity index (χ4v) is 6.95. The number of benzene rings is 2. The smallest absolute Gasteiger partial charge is 0.324 e. The first-order chi connectivity index (χ1) is 17.2. The van der Waals surface area contributed by atoms with Crippen LogP contribution in [0, 0.1) is 6.92 Å². The van der Waals surface area contributed by atoms with Crippen molar-refractivity contribution < 1.29 is 14.4 Å². The minimum absolute atomic E-state index is 0.0679. The van der Waals surface area contributed by atoms with Gasteiger partial charge in [-0.1, -0.05) is 19.1 Å². The maximum Gasteiger partial charge on any atom is 0.324 e. The van der Waals surface area contributed by atoms with E-state index < -0.39 is 5.54 Å². The van der Waals surface area contributed by atoms with E-state index in [0.29, 0.717) is 25.8 Å². The number of urea groups is 1. The van der Waals surface area contributed by atoms with E-state index in [1.54, 1.807) is 11.9 Å². The highest BCUT2D eigenvalue weighted by Gasteiger charge is 2.54. The van der Waals surface area contributed by atoms with Crippen LogP contribution in [0.15, 0.2) is 36.4 Å². The molecule has 7 rings (SSSR count). The molecule has 182 valence electrons. The average molecular weight is 482 g/mol. The number of nitrogens with one attached hydrogen (secondary N) is 2. The van der Waals surface area contributed by atoms with Gasteiger partial charge in [0.1, 0.15) is 5.54 Å². The minimum Gasteiger partial charge on any atom is -0.364 e. The first kappa shape index (κ1) is 21.4. The van der Waals surface area contributed by atoms with Crippen LogP contribution in [0.3, 0.4) is 0 Å². The van der Waals surface area contributed by atoms with Gasteiger partial charge < -0.3 is 15.1 Å². The van der Waals surface area contributed by atoms with Crippen molar-refractivity contribution in [1.82, 2.24) is 15.2 Å². The lowest BCUT2D eigenvalue weighted by atomic mass is 9.78. The van der Waals surface area contributed by atoms with Crippen LogP contribution in [-0.4, -0.2) is 46.9 Å². The third-order valence-electron chi connectivity index (χ3n) is 8.76. The Hall–Kier alpha value is -3.94. The topological polar surface area (TPSA) is 94.6 Å². The van der Waals surface area contributed by atoms with E-state index in [1.807, 2.05) is 12.1 Å². The van der Waals surface area contributed by atoms with Crippen LogP contribution in [0.4, 0.5) is 16.2 Å². The molecule has 36 heavy (non-hydrogen) atoms. The van der Waals surface area contributed by atoms with Crippen molar-refractivity contribution in [3.05, 3.63) is 64.3 Å². The van der Waals surface area contributed by atoms with Gasteiger partial charge in [-0.25, -0.2) is 4.79 Å². The predicted molar refractivity (Wildman–Crippen MR) is 136 cm³/mol. The molecule has 2 atom stereocenters. The largest absolute Gasteiger partial charge is 0.364 e. The number of nitrogens with zero attached hydrogens (tertiary/aromatic N) is 3. The Morgan fingerprint density at radius 3 is 2.67 bits per heavy atom. The number of fused-ring (bicyclic) bond motifs is 2. The Bertz CT molecular complexity index is 1550. The number of hydrogen-bond donors (Lipinski definition) is 2. The van der Waals surface area contributed by atoms with Gasteiger partial charge in [0.05, 0.1) is 17.8 Å². The van der Waals surface area contributed by atoms with Crippen molar-refractivity contribution in [3.63, 3.8) is 0 Å². The number of carbonyl (C=O) groups excluding carboxylic acids is 3. The first-order valence-corrected chi connectivity index (χ1v) is 12.4. The Kier molecular flexibility index (Phi) is 4.06. The number of carbonyl (C=O) groups is 3. The highest BCUT2D eigenvalue weighted by Crippen LogP contribution is 2.49. The highest BCUT2D eigenvalue weighted by molar-refractivity contribution is 6.08. The molecule has 1 fully saturated rings. The summed E-state index contributed by atoms with van der Waals surface area (Å²) in [5.41, 5.74) is 7.44. The second kappa shape index (κ2) is 6.84. The van der Waals surface area contributed by atoms with E-state index in [1.165, 1.54) is 5.56 Å². The van der Waals surface area contributed by atoms with Crippen LogP contribution >= 0.6 is 0 Å². The summed E-state index contributed by atoms with van der Waals surface area (Å²) in [6.07, 6.45) is 1.51. The molecule has 4 aliphatic rings. The van der Waals surface area contributed by atoms with Gasteiger partial charge in [-0.2, -0.15) is 0 Å². The van der Waals surface area contributed by atoms with Crippen LogP contribution in [0.25, 0.3) is 10.9 Å². The monoisotopic (exact) mass is 481 g/mol. The van der Waals surface area contributed by atoms with Crippen molar-refractivity contribution in [2.75, 3.05) is 23.8 Å². The normalized spacial score (nSPS) is 26.0. The number of imide groups is 1. The molecule has 4 heterocycles. The summed E-state index contributed by atoms with van der Waals surface area (Å²) in [7, 11) is 1.70. The molecule has 2 aromatic carbocycles. The molecule has 4 amide bonds. The molecule has 3 aliphatic heterocycles. The molecule has 2 unspecified atom stereocenters. The fraction of sp³-hybridized carbons (Fsp3) is 0.357. The second-order valence-electron chi connectivity index (χ2n) is 11.1. The number of aryl methyl sites for hydroxylation is 1. The number of likely N-dealkylation sites (N-methyl/N-ethyl adjacent to an activating group) is 1. The van der Waals surface area contributed by atoms with Crippen molar-refractivity contribution in [1.29, 1.82) is 0 Å². The van der Waals surface area contributed by atoms with Crippen molar-refractivity contribution in [3.8, 4) is 0 Å². The second-order valence-corrected chi connectivity index (χ2v) is 11.1. The van der Waals surface area contributed by atoms with E-state index in [0.717, 1.165) is 51.2 Å². The summed E-state index contributed by atoms with van der Waals surface area (Å²) in [5, 5.41) is 6.55. The Balaban J connectivity index is 1.24. The van der Waals surface area contributed by atoms with Crippen LogP contribution in [0.2, 0.25) is 0 Å². The molecule has 2 N–H and O–H groups in total. The van der Waals surface area contributed by atoms with Gasteiger partial charge in [-0.05, 0) is 47.9 Å². The highest BCUT2D eigenvalue weighted by atomic mass is 16.2. The molecule has 3 aromatic rings. The maximum absolute atomic E-state index is 12.7. The van der Waals surface area contributed by atoms with Gasteiger partial charge in [0.15, 0.2) is 0 Å². The molecule has 1 aliphatic carbocycles. The quantitative estimate of drug-likeness (QED) is 0.549. The van der Waals surface area contributed by atoms with E-state index in [9.17, 15) is 14.4 Å². The number of anilines is 2. The molecule has 8 heteroatoms.